The standard InChI is InChI=1S/C17H23NO2/c1-13-4-6-15(7-5-13)17(19)8-10-18(3)12-16-9-11-20-14(16)2/h4-7,9,11,17,19H,8,10,12H2,1-3H3. The molecule has 3 heteroatoms. The lowest BCUT2D eigenvalue weighted by Gasteiger charge is -2.19. The fourth-order valence-electron chi connectivity index (χ4n) is 2.24. The number of rotatable bonds is 6. The van der Waals surface area contributed by atoms with E-state index in [9.17, 15) is 5.11 Å². The van der Waals surface area contributed by atoms with Crippen LogP contribution in [0.1, 0.15) is 35.0 Å². The molecule has 1 aromatic carbocycles. The molecule has 0 spiro atoms. The third kappa shape index (κ3) is 3.95. The molecule has 1 N–H and O–H groups in total. The Bertz CT molecular complexity index is 530. The Morgan fingerprint density at radius 1 is 1.15 bits per heavy atom. The third-order valence-electron chi connectivity index (χ3n) is 3.65. The summed E-state index contributed by atoms with van der Waals surface area (Å²) < 4.78 is 5.30. The Kier molecular flexibility index (Phi) is 4.99. The zero-order valence-corrected chi connectivity index (χ0v) is 12.5. The first-order valence-electron chi connectivity index (χ1n) is 7.02. The van der Waals surface area contributed by atoms with Crippen molar-refractivity contribution in [2.75, 3.05) is 13.6 Å². The van der Waals surface area contributed by atoms with Crippen LogP contribution >= 0.6 is 0 Å². The number of aliphatic hydroxyl groups is 1. The van der Waals surface area contributed by atoms with Crippen molar-refractivity contribution in [2.24, 2.45) is 0 Å². The van der Waals surface area contributed by atoms with Gasteiger partial charge in [0.1, 0.15) is 5.76 Å². The zero-order valence-electron chi connectivity index (χ0n) is 12.5. The number of nitrogens with zero attached hydrogens (tertiary/aromatic N) is 1. The van der Waals surface area contributed by atoms with E-state index < -0.39 is 6.10 Å². The number of furan rings is 1. The highest BCUT2D eigenvalue weighted by molar-refractivity contribution is 5.23. The zero-order chi connectivity index (χ0) is 14.5. The normalized spacial score (nSPS) is 12.8. The van der Waals surface area contributed by atoms with Crippen LogP contribution in [0, 0.1) is 13.8 Å². The van der Waals surface area contributed by atoms with Crippen molar-refractivity contribution >= 4 is 0 Å². The van der Waals surface area contributed by atoms with Gasteiger partial charge in [-0.3, -0.25) is 0 Å². The van der Waals surface area contributed by atoms with Gasteiger partial charge >= 0.3 is 0 Å². The first-order valence-corrected chi connectivity index (χ1v) is 7.02. The van der Waals surface area contributed by atoms with Crippen LogP contribution in [0.2, 0.25) is 0 Å². The topological polar surface area (TPSA) is 36.6 Å². The Hall–Kier alpha value is -1.58. The van der Waals surface area contributed by atoms with E-state index in [1.807, 2.05) is 37.3 Å². The van der Waals surface area contributed by atoms with Gasteiger partial charge in [-0.1, -0.05) is 29.8 Å². The minimum atomic E-state index is -0.400. The third-order valence-corrected chi connectivity index (χ3v) is 3.65. The number of aliphatic hydroxyl groups excluding tert-OH is 1. The summed E-state index contributed by atoms with van der Waals surface area (Å²) in [4.78, 5) is 2.20. The maximum absolute atomic E-state index is 10.2. The Morgan fingerprint density at radius 2 is 1.85 bits per heavy atom. The molecule has 0 bridgehead atoms. The molecular formula is C17H23NO2. The summed E-state index contributed by atoms with van der Waals surface area (Å²) in [7, 11) is 2.06. The summed E-state index contributed by atoms with van der Waals surface area (Å²) in [5.74, 6) is 0.968. The molecule has 1 unspecified atom stereocenters. The number of benzene rings is 1. The lowest BCUT2D eigenvalue weighted by atomic mass is 10.0. The second kappa shape index (κ2) is 6.73. The van der Waals surface area contributed by atoms with Crippen LogP contribution in [0.15, 0.2) is 41.0 Å². The highest BCUT2D eigenvalue weighted by Gasteiger charge is 2.10. The van der Waals surface area contributed by atoms with Gasteiger partial charge in [-0.25, -0.2) is 0 Å². The van der Waals surface area contributed by atoms with E-state index in [0.29, 0.717) is 0 Å². The molecule has 2 rings (SSSR count). The second-order valence-corrected chi connectivity index (χ2v) is 5.45. The molecule has 0 saturated heterocycles. The fourth-order valence-corrected chi connectivity index (χ4v) is 2.24. The number of hydrogen-bond acceptors (Lipinski definition) is 3. The molecule has 1 aromatic heterocycles. The Balaban J connectivity index is 1.82. The minimum Gasteiger partial charge on any atom is -0.469 e. The van der Waals surface area contributed by atoms with Crippen molar-refractivity contribution in [3.63, 3.8) is 0 Å². The second-order valence-electron chi connectivity index (χ2n) is 5.45. The molecule has 20 heavy (non-hydrogen) atoms. The van der Waals surface area contributed by atoms with Gasteiger partial charge in [0, 0.05) is 18.7 Å². The van der Waals surface area contributed by atoms with Crippen LogP contribution < -0.4 is 0 Å². The SMILES string of the molecule is Cc1ccc(C(O)CCN(C)Cc2ccoc2C)cc1. The predicted octanol–water partition coefficient (Wildman–Crippen LogP) is 3.45. The lowest BCUT2D eigenvalue weighted by Crippen LogP contribution is -2.21. The molecule has 0 saturated carbocycles. The summed E-state index contributed by atoms with van der Waals surface area (Å²) in [6, 6.07) is 10.1. The van der Waals surface area contributed by atoms with Gasteiger partial charge < -0.3 is 14.4 Å². The van der Waals surface area contributed by atoms with Gasteiger partial charge in [0.05, 0.1) is 12.4 Å². The first-order chi connectivity index (χ1) is 9.56. The van der Waals surface area contributed by atoms with E-state index >= 15 is 0 Å². The van der Waals surface area contributed by atoms with Crippen LogP contribution in [0.4, 0.5) is 0 Å². The highest BCUT2D eigenvalue weighted by Crippen LogP contribution is 2.18. The van der Waals surface area contributed by atoms with Crippen LogP contribution in [-0.2, 0) is 6.54 Å². The van der Waals surface area contributed by atoms with E-state index in [1.165, 1.54) is 11.1 Å². The van der Waals surface area contributed by atoms with Gasteiger partial charge in [-0.05, 0) is 38.9 Å². The van der Waals surface area contributed by atoms with E-state index in [-0.39, 0.29) is 0 Å². The van der Waals surface area contributed by atoms with E-state index in [4.69, 9.17) is 4.42 Å². The van der Waals surface area contributed by atoms with Crippen molar-refractivity contribution in [2.45, 2.75) is 32.9 Å². The molecule has 108 valence electrons. The fraction of sp³-hybridized carbons (Fsp3) is 0.412. The average Bonchev–Trinajstić information content (AvgIpc) is 2.82. The van der Waals surface area contributed by atoms with Crippen molar-refractivity contribution in [3.8, 4) is 0 Å². The quantitative estimate of drug-likeness (QED) is 0.875. The van der Waals surface area contributed by atoms with Gasteiger partial charge in [-0.2, -0.15) is 0 Å². The number of aryl methyl sites for hydroxylation is 2. The molecule has 0 aliphatic carbocycles. The maximum Gasteiger partial charge on any atom is 0.105 e. The van der Waals surface area contributed by atoms with E-state index in [0.717, 1.165) is 30.8 Å². The number of hydrogen-bond donors (Lipinski definition) is 1. The van der Waals surface area contributed by atoms with Crippen molar-refractivity contribution in [1.29, 1.82) is 0 Å². The summed E-state index contributed by atoms with van der Waals surface area (Å²) in [5.41, 5.74) is 3.41. The van der Waals surface area contributed by atoms with Crippen LogP contribution in [0.25, 0.3) is 0 Å². The average molecular weight is 273 g/mol. The molecule has 0 fully saturated rings. The Labute approximate surface area is 120 Å². The monoisotopic (exact) mass is 273 g/mol. The Morgan fingerprint density at radius 3 is 2.45 bits per heavy atom. The highest BCUT2D eigenvalue weighted by atomic mass is 16.3. The molecule has 0 aliphatic heterocycles. The van der Waals surface area contributed by atoms with Crippen LogP contribution in [0.3, 0.4) is 0 Å². The minimum absolute atomic E-state index is 0.400. The van der Waals surface area contributed by atoms with Gasteiger partial charge in [-0.15, -0.1) is 0 Å². The van der Waals surface area contributed by atoms with Crippen LogP contribution in [0.5, 0.6) is 0 Å². The summed E-state index contributed by atoms with van der Waals surface area (Å²) in [6.07, 6.45) is 2.05. The predicted molar refractivity (Wildman–Crippen MR) is 80.5 cm³/mol. The van der Waals surface area contributed by atoms with E-state index in [1.54, 1.807) is 6.26 Å². The molecule has 0 aliphatic rings. The van der Waals surface area contributed by atoms with Gasteiger partial charge in [0.15, 0.2) is 0 Å². The summed E-state index contributed by atoms with van der Waals surface area (Å²) >= 11 is 0. The molecule has 1 heterocycles. The molecule has 2 aromatic rings. The molecule has 3 nitrogen and oxygen atoms in total. The summed E-state index contributed by atoms with van der Waals surface area (Å²) in [5, 5.41) is 10.2. The van der Waals surface area contributed by atoms with Crippen molar-refractivity contribution in [3.05, 3.63) is 59.0 Å². The maximum atomic E-state index is 10.2. The molecule has 1 atom stereocenters. The van der Waals surface area contributed by atoms with Gasteiger partial charge in [0.25, 0.3) is 0 Å². The van der Waals surface area contributed by atoms with Gasteiger partial charge in [0.2, 0.25) is 0 Å². The molecular weight excluding hydrogens is 250 g/mol. The van der Waals surface area contributed by atoms with Crippen molar-refractivity contribution in [1.82, 2.24) is 4.90 Å². The summed E-state index contributed by atoms with van der Waals surface area (Å²) in [6.45, 7) is 5.73. The van der Waals surface area contributed by atoms with Crippen molar-refractivity contribution < 1.29 is 9.52 Å². The first kappa shape index (κ1) is 14.8. The smallest absolute Gasteiger partial charge is 0.105 e. The largest absolute Gasteiger partial charge is 0.469 e. The van der Waals surface area contributed by atoms with E-state index in [2.05, 4.69) is 18.9 Å². The van der Waals surface area contributed by atoms with Crippen LogP contribution in [-0.4, -0.2) is 23.6 Å². The molecule has 0 amide bonds. The molecule has 0 radical (unpaired) electrons. The lowest BCUT2D eigenvalue weighted by molar-refractivity contribution is 0.147.